The number of hydrogen-bond acceptors (Lipinski definition) is 5. The summed E-state index contributed by atoms with van der Waals surface area (Å²) >= 11 is 5.88. The highest BCUT2D eigenvalue weighted by molar-refractivity contribution is 6.31. The lowest BCUT2D eigenvalue weighted by Crippen LogP contribution is -2.13. The van der Waals surface area contributed by atoms with Crippen LogP contribution in [0.25, 0.3) is 17.4 Å². The number of carbonyl (C=O) groups is 1. The number of furan rings is 1. The van der Waals surface area contributed by atoms with E-state index >= 15 is 0 Å². The number of non-ortho nitro benzene ring substituents is 1. The normalized spacial score (nSPS) is 10.9. The lowest BCUT2D eigenvalue weighted by molar-refractivity contribution is -0.384. The standard InChI is InChI=1S/C20H12ClN3O4/c21-15-2-1-3-16(11-15)23-20(25)14(12-22)10-18-8-9-19(28-18)13-4-6-17(7-5-13)24(26)27/h1-11H,(H,23,25). The third kappa shape index (κ3) is 4.44. The number of anilines is 1. The molecule has 0 spiro atoms. The van der Waals surface area contributed by atoms with E-state index in [1.165, 1.54) is 18.2 Å². The van der Waals surface area contributed by atoms with Gasteiger partial charge in [-0.25, -0.2) is 0 Å². The van der Waals surface area contributed by atoms with Gasteiger partial charge in [0, 0.05) is 34.5 Å². The monoisotopic (exact) mass is 393 g/mol. The number of nitriles is 1. The van der Waals surface area contributed by atoms with Crippen LogP contribution in [0.5, 0.6) is 0 Å². The molecule has 0 unspecified atom stereocenters. The first-order valence-corrected chi connectivity index (χ1v) is 8.37. The molecule has 1 amide bonds. The van der Waals surface area contributed by atoms with Crippen molar-refractivity contribution in [3.63, 3.8) is 0 Å². The number of rotatable bonds is 5. The van der Waals surface area contributed by atoms with Gasteiger partial charge in [-0.15, -0.1) is 0 Å². The molecule has 0 saturated carbocycles. The Balaban J connectivity index is 1.79. The van der Waals surface area contributed by atoms with E-state index in [4.69, 9.17) is 16.0 Å². The summed E-state index contributed by atoms with van der Waals surface area (Å²) in [6.45, 7) is 0. The molecule has 3 rings (SSSR count). The number of amides is 1. The molecule has 2 aromatic carbocycles. The first kappa shape index (κ1) is 18.9. The average molecular weight is 394 g/mol. The summed E-state index contributed by atoms with van der Waals surface area (Å²) in [5.41, 5.74) is 0.918. The molecule has 0 saturated heterocycles. The zero-order valence-corrected chi connectivity index (χ0v) is 15.0. The Hall–Kier alpha value is -3.89. The number of benzene rings is 2. The highest BCUT2D eigenvalue weighted by Gasteiger charge is 2.12. The van der Waals surface area contributed by atoms with Gasteiger partial charge in [-0.2, -0.15) is 5.26 Å². The van der Waals surface area contributed by atoms with Gasteiger partial charge in [0.2, 0.25) is 0 Å². The highest BCUT2D eigenvalue weighted by Crippen LogP contribution is 2.25. The molecule has 8 heteroatoms. The Labute approximate surface area is 164 Å². The molecule has 1 N–H and O–H groups in total. The molecular formula is C20H12ClN3O4. The van der Waals surface area contributed by atoms with Gasteiger partial charge in [0.15, 0.2) is 0 Å². The molecule has 0 atom stereocenters. The van der Waals surface area contributed by atoms with Gasteiger partial charge in [0.05, 0.1) is 4.92 Å². The fourth-order valence-electron chi connectivity index (χ4n) is 2.39. The van der Waals surface area contributed by atoms with Crippen molar-refractivity contribution in [2.24, 2.45) is 0 Å². The molecule has 0 aliphatic rings. The Bertz CT molecular complexity index is 1110. The van der Waals surface area contributed by atoms with Crippen molar-refractivity contribution in [2.75, 3.05) is 5.32 Å². The quantitative estimate of drug-likeness (QED) is 0.282. The fraction of sp³-hybridized carbons (Fsp3) is 0. The summed E-state index contributed by atoms with van der Waals surface area (Å²) in [6, 6.07) is 17.5. The number of halogens is 1. The van der Waals surface area contributed by atoms with Gasteiger partial charge in [-0.05, 0) is 42.5 Å². The first-order chi connectivity index (χ1) is 13.5. The molecular weight excluding hydrogens is 382 g/mol. The number of carbonyl (C=O) groups excluding carboxylic acids is 1. The van der Waals surface area contributed by atoms with Crippen LogP contribution >= 0.6 is 11.6 Å². The zero-order valence-electron chi connectivity index (χ0n) is 14.3. The number of nitrogens with one attached hydrogen (secondary N) is 1. The molecule has 7 nitrogen and oxygen atoms in total. The first-order valence-electron chi connectivity index (χ1n) is 7.99. The summed E-state index contributed by atoms with van der Waals surface area (Å²) in [5, 5.41) is 23.1. The van der Waals surface area contributed by atoms with Gasteiger partial charge >= 0.3 is 0 Å². The number of hydrogen-bond donors (Lipinski definition) is 1. The summed E-state index contributed by atoms with van der Waals surface area (Å²) in [5.74, 6) is 0.151. The maximum atomic E-state index is 12.3. The third-order valence-electron chi connectivity index (χ3n) is 3.72. The van der Waals surface area contributed by atoms with Crippen molar-refractivity contribution in [1.82, 2.24) is 0 Å². The second kappa shape index (κ2) is 8.20. The summed E-state index contributed by atoms with van der Waals surface area (Å²) in [6.07, 6.45) is 1.31. The second-order valence-electron chi connectivity index (χ2n) is 5.64. The molecule has 3 aromatic rings. The Morgan fingerprint density at radius 1 is 1.18 bits per heavy atom. The van der Waals surface area contributed by atoms with E-state index in [1.807, 2.05) is 6.07 Å². The van der Waals surface area contributed by atoms with E-state index in [0.717, 1.165) is 0 Å². The minimum absolute atomic E-state index is 0.0279. The van der Waals surface area contributed by atoms with Gasteiger partial charge in [-0.3, -0.25) is 14.9 Å². The number of nitro groups is 1. The third-order valence-corrected chi connectivity index (χ3v) is 3.96. The Morgan fingerprint density at radius 3 is 2.57 bits per heavy atom. The second-order valence-corrected chi connectivity index (χ2v) is 6.08. The largest absolute Gasteiger partial charge is 0.457 e. The fourth-order valence-corrected chi connectivity index (χ4v) is 2.58. The molecule has 28 heavy (non-hydrogen) atoms. The number of nitrogens with zero attached hydrogens (tertiary/aromatic N) is 2. The maximum absolute atomic E-state index is 12.3. The number of nitro benzene ring substituents is 1. The Morgan fingerprint density at radius 2 is 1.93 bits per heavy atom. The molecule has 0 bridgehead atoms. The summed E-state index contributed by atoms with van der Waals surface area (Å²) in [4.78, 5) is 22.5. The van der Waals surface area contributed by atoms with Crippen LogP contribution in [0.15, 0.2) is 70.7 Å². The predicted octanol–water partition coefficient (Wildman–Crippen LogP) is 5.05. The van der Waals surface area contributed by atoms with Gasteiger partial charge in [0.1, 0.15) is 23.2 Å². The molecule has 0 aliphatic heterocycles. The maximum Gasteiger partial charge on any atom is 0.269 e. The van der Waals surface area contributed by atoms with Crippen molar-refractivity contribution in [3.05, 3.63) is 87.1 Å². The van der Waals surface area contributed by atoms with Crippen LogP contribution in [0.3, 0.4) is 0 Å². The predicted molar refractivity (Wildman–Crippen MR) is 104 cm³/mol. The minimum Gasteiger partial charge on any atom is -0.457 e. The zero-order chi connectivity index (χ0) is 20.1. The van der Waals surface area contributed by atoms with Crippen molar-refractivity contribution in [1.29, 1.82) is 5.26 Å². The van der Waals surface area contributed by atoms with Crippen LogP contribution in [-0.2, 0) is 4.79 Å². The SMILES string of the molecule is N#CC(=Cc1ccc(-c2ccc([N+](=O)[O-])cc2)o1)C(=O)Nc1cccc(Cl)c1. The van der Waals surface area contributed by atoms with E-state index in [2.05, 4.69) is 5.32 Å². The molecule has 0 aliphatic carbocycles. The van der Waals surface area contributed by atoms with Gasteiger partial charge < -0.3 is 9.73 Å². The lowest BCUT2D eigenvalue weighted by Gasteiger charge is -2.04. The van der Waals surface area contributed by atoms with Crippen LogP contribution in [0, 0.1) is 21.4 Å². The van der Waals surface area contributed by atoms with E-state index < -0.39 is 10.8 Å². The average Bonchev–Trinajstić information content (AvgIpc) is 3.14. The van der Waals surface area contributed by atoms with Crippen LogP contribution in [0.1, 0.15) is 5.76 Å². The van der Waals surface area contributed by atoms with E-state index in [9.17, 15) is 20.2 Å². The summed E-state index contributed by atoms with van der Waals surface area (Å²) in [7, 11) is 0. The lowest BCUT2D eigenvalue weighted by atomic mass is 10.1. The van der Waals surface area contributed by atoms with Crippen molar-refractivity contribution in [2.45, 2.75) is 0 Å². The smallest absolute Gasteiger partial charge is 0.269 e. The van der Waals surface area contributed by atoms with E-state index in [1.54, 1.807) is 48.5 Å². The van der Waals surface area contributed by atoms with Gasteiger partial charge in [0.25, 0.3) is 11.6 Å². The summed E-state index contributed by atoms with van der Waals surface area (Å²) < 4.78 is 5.62. The van der Waals surface area contributed by atoms with E-state index in [-0.39, 0.29) is 11.3 Å². The van der Waals surface area contributed by atoms with Crippen LogP contribution in [-0.4, -0.2) is 10.8 Å². The van der Waals surface area contributed by atoms with Crippen molar-refractivity contribution in [3.8, 4) is 17.4 Å². The highest BCUT2D eigenvalue weighted by atomic mass is 35.5. The molecule has 0 fully saturated rings. The molecule has 1 aromatic heterocycles. The molecule has 1 heterocycles. The topological polar surface area (TPSA) is 109 Å². The van der Waals surface area contributed by atoms with Crippen LogP contribution < -0.4 is 5.32 Å². The van der Waals surface area contributed by atoms with Crippen LogP contribution in [0.4, 0.5) is 11.4 Å². The molecule has 0 radical (unpaired) electrons. The van der Waals surface area contributed by atoms with Crippen LogP contribution in [0.2, 0.25) is 5.02 Å². The molecule has 138 valence electrons. The minimum atomic E-state index is -0.599. The van der Waals surface area contributed by atoms with Gasteiger partial charge in [-0.1, -0.05) is 17.7 Å². The van der Waals surface area contributed by atoms with Crippen molar-refractivity contribution >= 4 is 35.0 Å². The van der Waals surface area contributed by atoms with Crippen molar-refractivity contribution < 1.29 is 14.1 Å². The Kier molecular flexibility index (Phi) is 5.53. The van der Waals surface area contributed by atoms with E-state index in [0.29, 0.717) is 27.8 Å².